The number of piperidine rings is 1. The molecule has 8 heteroatoms. The summed E-state index contributed by atoms with van der Waals surface area (Å²) >= 11 is 7.51. The standard InChI is InChI=1S/C20H21ClN4O2S/c1-13(19-23-24-20(27-19)14-4-2-5-15(21)12-14)25-9-7-16(8-10-25)22-18(26)17-6-3-11-28-17/h2-6,11-13,16H,7-10H2,1H3,(H,22,26). The molecule has 0 radical (unpaired) electrons. The molecule has 1 N–H and O–H groups in total. The van der Waals surface area contributed by atoms with E-state index in [2.05, 4.69) is 27.3 Å². The van der Waals surface area contributed by atoms with Crippen molar-refractivity contribution in [1.82, 2.24) is 20.4 Å². The van der Waals surface area contributed by atoms with Gasteiger partial charge in [-0.15, -0.1) is 21.5 Å². The molecule has 1 aliphatic heterocycles. The monoisotopic (exact) mass is 416 g/mol. The Morgan fingerprint density at radius 3 is 2.82 bits per heavy atom. The minimum absolute atomic E-state index is 0.0181. The number of hydrogen-bond acceptors (Lipinski definition) is 6. The minimum atomic E-state index is 0.0181. The second-order valence-electron chi connectivity index (χ2n) is 6.89. The van der Waals surface area contributed by atoms with Crippen molar-refractivity contribution in [3.63, 3.8) is 0 Å². The first kappa shape index (κ1) is 19.1. The number of thiophene rings is 1. The van der Waals surface area contributed by atoms with Gasteiger partial charge in [-0.25, -0.2) is 0 Å². The van der Waals surface area contributed by atoms with Crippen LogP contribution >= 0.6 is 22.9 Å². The number of halogens is 1. The zero-order valence-corrected chi connectivity index (χ0v) is 17.0. The molecule has 1 amide bonds. The van der Waals surface area contributed by atoms with Crippen molar-refractivity contribution in [3.05, 3.63) is 57.6 Å². The largest absolute Gasteiger partial charge is 0.419 e. The highest BCUT2D eigenvalue weighted by atomic mass is 35.5. The summed E-state index contributed by atoms with van der Waals surface area (Å²) < 4.78 is 5.89. The van der Waals surface area contributed by atoms with Gasteiger partial charge in [0.15, 0.2) is 0 Å². The summed E-state index contributed by atoms with van der Waals surface area (Å²) in [6.45, 7) is 3.80. The maximum atomic E-state index is 12.2. The van der Waals surface area contributed by atoms with Gasteiger partial charge in [-0.05, 0) is 49.4 Å². The minimum Gasteiger partial charge on any atom is -0.419 e. The predicted octanol–water partition coefficient (Wildman–Crippen LogP) is 4.41. The van der Waals surface area contributed by atoms with E-state index in [0.717, 1.165) is 36.4 Å². The molecule has 1 fully saturated rings. The molecule has 1 aliphatic rings. The average Bonchev–Trinajstić information content (AvgIpc) is 3.40. The molecule has 0 aliphatic carbocycles. The summed E-state index contributed by atoms with van der Waals surface area (Å²) in [6, 6.07) is 11.3. The normalized spacial score (nSPS) is 16.8. The Labute approximate surface area is 172 Å². The number of amides is 1. The first-order valence-corrected chi connectivity index (χ1v) is 10.5. The van der Waals surface area contributed by atoms with E-state index in [1.54, 1.807) is 0 Å². The van der Waals surface area contributed by atoms with Crippen molar-refractivity contribution in [3.8, 4) is 11.5 Å². The zero-order valence-electron chi connectivity index (χ0n) is 15.5. The van der Waals surface area contributed by atoms with Crippen molar-refractivity contribution in [2.24, 2.45) is 0 Å². The summed E-state index contributed by atoms with van der Waals surface area (Å²) in [6.07, 6.45) is 1.80. The molecule has 1 aromatic carbocycles. The molecule has 6 nitrogen and oxygen atoms in total. The molecule has 2 aromatic heterocycles. The lowest BCUT2D eigenvalue weighted by atomic mass is 10.0. The first-order chi connectivity index (χ1) is 13.6. The number of nitrogens with one attached hydrogen (secondary N) is 1. The van der Waals surface area contributed by atoms with E-state index < -0.39 is 0 Å². The molecule has 3 aromatic rings. The lowest BCUT2D eigenvalue weighted by Crippen LogP contribution is -2.45. The Morgan fingerprint density at radius 1 is 1.29 bits per heavy atom. The fraction of sp³-hybridized carbons (Fsp3) is 0.350. The molecule has 1 saturated heterocycles. The van der Waals surface area contributed by atoms with Crippen LogP contribution in [0.3, 0.4) is 0 Å². The van der Waals surface area contributed by atoms with E-state index in [1.165, 1.54) is 11.3 Å². The van der Waals surface area contributed by atoms with Crippen molar-refractivity contribution in [1.29, 1.82) is 0 Å². The fourth-order valence-electron chi connectivity index (χ4n) is 3.39. The predicted molar refractivity (Wildman–Crippen MR) is 110 cm³/mol. The van der Waals surface area contributed by atoms with Crippen LogP contribution in [-0.4, -0.2) is 40.1 Å². The summed E-state index contributed by atoms with van der Waals surface area (Å²) in [4.78, 5) is 15.3. The Kier molecular flexibility index (Phi) is 5.75. The van der Waals surface area contributed by atoms with Gasteiger partial charge >= 0.3 is 0 Å². The molecule has 4 rings (SSSR count). The second kappa shape index (κ2) is 8.43. The number of hydrogen-bond donors (Lipinski definition) is 1. The van der Waals surface area contributed by atoms with Crippen LogP contribution < -0.4 is 5.32 Å². The lowest BCUT2D eigenvalue weighted by molar-refractivity contribution is 0.0889. The first-order valence-electron chi connectivity index (χ1n) is 9.28. The van der Waals surface area contributed by atoms with Gasteiger partial charge in [-0.2, -0.15) is 0 Å². The molecule has 0 spiro atoms. The maximum absolute atomic E-state index is 12.2. The van der Waals surface area contributed by atoms with Gasteiger partial charge in [0.25, 0.3) is 5.91 Å². The maximum Gasteiger partial charge on any atom is 0.261 e. The Bertz CT molecular complexity index is 935. The van der Waals surface area contributed by atoms with Crippen molar-refractivity contribution in [2.75, 3.05) is 13.1 Å². The van der Waals surface area contributed by atoms with E-state index in [4.69, 9.17) is 16.0 Å². The number of benzene rings is 1. The van der Waals surface area contributed by atoms with Gasteiger partial charge in [0, 0.05) is 29.7 Å². The third-order valence-electron chi connectivity index (χ3n) is 5.03. The number of aromatic nitrogens is 2. The molecular weight excluding hydrogens is 396 g/mol. The number of carbonyl (C=O) groups is 1. The Morgan fingerprint density at radius 2 is 2.11 bits per heavy atom. The van der Waals surface area contributed by atoms with E-state index >= 15 is 0 Å². The summed E-state index contributed by atoms with van der Waals surface area (Å²) in [7, 11) is 0. The SMILES string of the molecule is CC(c1nnc(-c2cccc(Cl)c2)o1)N1CCC(NC(=O)c2cccs2)CC1. The van der Waals surface area contributed by atoms with Crippen LogP contribution in [0.4, 0.5) is 0 Å². The quantitative estimate of drug-likeness (QED) is 0.667. The molecule has 0 bridgehead atoms. The fourth-order valence-corrected chi connectivity index (χ4v) is 4.21. The zero-order chi connectivity index (χ0) is 19.5. The van der Waals surface area contributed by atoms with Crippen LogP contribution in [0.15, 0.2) is 46.2 Å². The highest BCUT2D eigenvalue weighted by Crippen LogP contribution is 2.27. The van der Waals surface area contributed by atoms with Gasteiger partial charge in [-0.3, -0.25) is 9.69 Å². The van der Waals surface area contributed by atoms with Gasteiger partial charge in [-0.1, -0.05) is 23.7 Å². The van der Waals surface area contributed by atoms with E-state index in [-0.39, 0.29) is 18.0 Å². The summed E-state index contributed by atoms with van der Waals surface area (Å²) in [5.74, 6) is 1.09. The number of carbonyl (C=O) groups excluding carboxylic acids is 1. The van der Waals surface area contributed by atoms with Gasteiger partial charge in [0.2, 0.25) is 11.8 Å². The molecule has 28 heavy (non-hydrogen) atoms. The number of rotatable bonds is 5. The lowest BCUT2D eigenvalue weighted by Gasteiger charge is -2.34. The second-order valence-corrected chi connectivity index (χ2v) is 8.28. The van der Waals surface area contributed by atoms with Gasteiger partial charge < -0.3 is 9.73 Å². The van der Waals surface area contributed by atoms with Crippen molar-refractivity contribution < 1.29 is 9.21 Å². The van der Waals surface area contributed by atoms with E-state index in [1.807, 2.05) is 41.8 Å². The third-order valence-corrected chi connectivity index (χ3v) is 6.13. The average molecular weight is 417 g/mol. The van der Waals surface area contributed by atoms with Crippen LogP contribution in [0.1, 0.15) is 41.4 Å². The Balaban J connectivity index is 1.34. The van der Waals surface area contributed by atoms with Crippen molar-refractivity contribution in [2.45, 2.75) is 31.8 Å². The van der Waals surface area contributed by atoms with Crippen LogP contribution in [-0.2, 0) is 0 Å². The number of nitrogens with zero attached hydrogens (tertiary/aromatic N) is 3. The van der Waals surface area contributed by atoms with Crippen LogP contribution in [0.25, 0.3) is 11.5 Å². The summed E-state index contributed by atoms with van der Waals surface area (Å²) in [5, 5.41) is 14.1. The summed E-state index contributed by atoms with van der Waals surface area (Å²) in [5.41, 5.74) is 0.813. The van der Waals surface area contributed by atoms with Gasteiger partial charge in [0.1, 0.15) is 0 Å². The highest BCUT2D eigenvalue weighted by molar-refractivity contribution is 7.12. The molecular formula is C20H21ClN4O2S. The van der Waals surface area contributed by atoms with E-state index in [0.29, 0.717) is 16.8 Å². The van der Waals surface area contributed by atoms with Gasteiger partial charge in [0.05, 0.1) is 10.9 Å². The van der Waals surface area contributed by atoms with E-state index in [9.17, 15) is 4.79 Å². The number of likely N-dealkylation sites (tertiary alicyclic amines) is 1. The van der Waals surface area contributed by atoms with Crippen LogP contribution in [0.5, 0.6) is 0 Å². The molecule has 3 heterocycles. The third kappa shape index (κ3) is 4.27. The smallest absolute Gasteiger partial charge is 0.261 e. The molecule has 146 valence electrons. The van der Waals surface area contributed by atoms with Crippen LogP contribution in [0.2, 0.25) is 5.02 Å². The Hall–Kier alpha value is -2.22. The van der Waals surface area contributed by atoms with Crippen molar-refractivity contribution >= 4 is 28.8 Å². The molecule has 0 saturated carbocycles. The van der Waals surface area contributed by atoms with Crippen LogP contribution in [0, 0.1) is 0 Å². The highest BCUT2D eigenvalue weighted by Gasteiger charge is 2.27. The topological polar surface area (TPSA) is 71.3 Å². The molecule has 1 unspecified atom stereocenters. The molecule has 1 atom stereocenters.